The number of carbonyl (C=O) groups is 2. The van der Waals surface area contributed by atoms with E-state index in [2.05, 4.69) is 9.94 Å². The Kier molecular flexibility index (Phi) is 3.19. The molecule has 14 heavy (non-hydrogen) atoms. The van der Waals surface area contributed by atoms with E-state index in [1.165, 1.54) is 10.7 Å². The van der Waals surface area contributed by atoms with Gasteiger partial charge in [-0.2, -0.15) is 5.10 Å². The first kappa shape index (κ1) is 10.2. The van der Waals surface area contributed by atoms with Gasteiger partial charge >= 0.3 is 5.97 Å². The van der Waals surface area contributed by atoms with Gasteiger partial charge in [0.05, 0.1) is 0 Å². The molecule has 0 aliphatic heterocycles. The van der Waals surface area contributed by atoms with Crippen molar-refractivity contribution in [1.82, 2.24) is 15.3 Å². The third-order valence-corrected chi connectivity index (χ3v) is 1.31. The summed E-state index contributed by atoms with van der Waals surface area (Å²) < 4.78 is 1.45. The Morgan fingerprint density at radius 2 is 2.43 bits per heavy atom. The zero-order chi connectivity index (χ0) is 10.6. The molecule has 0 unspecified atom stereocenters. The molecule has 0 saturated carbocycles. The summed E-state index contributed by atoms with van der Waals surface area (Å²) in [6.07, 6.45) is 1.59. The molecule has 1 aromatic heterocycles. The van der Waals surface area contributed by atoms with Crippen molar-refractivity contribution in [3.05, 3.63) is 18.0 Å². The van der Waals surface area contributed by atoms with Gasteiger partial charge in [-0.05, 0) is 6.07 Å². The predicted molar refractivity (Wildman–Crippen MR) is 44.3 cm³/mol. The molecule has 0 radical (unpaired) electrons. The van der Waals surface area contributed by atoms with Crippen LogP contribution in [0.25, 0.3) is 0 Å². The second-order valence-corrected chi connectivity index (χ2v) is 2.49. The molecule has 0 aromatic carbocycles. The summed E-state index contributed by atoms with van der Waals surface area (Å²) in [5, 5.41) is 12.0. The number of hydroxylamine groups is 1. The van der Waals surface area contributed by atoms with E-state index in [1.54, 1.807) is 13.2 Å². The van der Waals surface area contributed by atoms with Crippen LogP contribution >= 0.6 is 0 Å². The van der Waals surface area contributed by atoms with Crippen molar-refractivity contribution >= 4 is 11.9 Å². The van der Waals surface area contributed by atoms with E-state index < -0.39 is 18.5 Å². The number of carboxylic acid groups (broad SMARTS) is 1. The van der Waals surface area contributed by atoms with E-state index in [9.17, 15) is 9.59 Å². The number of amides is 1. The fourth-order valence-electron chi connectivity index (χ4n) is 0.752. The smallest absolute Gasteiger partial charge is 0.332 e. The summed E-state index contributed by atoms with van der Waals surface area (Å²) in [5.74, 6) is -1.74. The van der Waals surface area contributed by atoms with E-state index in [-0.39, 0.29) is 5.69 Å². The molecular weight excluding hydrogens is 190 g/mol. The Labute approximate surface area is 79.2 Å². The standard InChI is InChI=1S/C7H9N3O4/c1-10-3-2-5(8-10)7(13)9-14-4-6(11)12/h2-3H,4H2,1H3,(H,9,13)(H,11,12). The van der Waals surface area contributed by atoms with Gasteiger partial charge in [-0.3, -0.25) is 14.3 Å². The SMILES string of the molecule is Cn1ccc(C(=O)NOCC(=O)O)n1. The van der Waals surface area contributed by atoms with Gasteiger partial charge in [0, 0.05) is 13.2 Å². The third-order valence-electron chi connectivity index (χ3n) is 1.31. The average Bonchev–Trinajstić information content (AvgIpc) is 2.51. The second kappa shape index (κ2) is 4.38. The molecule has 1 amide bonds. The predicted octanol–water partition coefficient (Wildman–Crippen LogP) is -0.834. The lowest BCUT2D eigenvalue weighted by molar-refractivity contribution is -0.144. The highest BCUT2D eigenvalue weighted by molar-refractivity contribution is 5.91. The van der Waals surface area contributed by atoms with Gasteiger partial charge in [-0.25, -0.2) is 10.3 Å². The van der Waals surface area contributed by atoms with Crippen LogP contribution in [0.15, 0.2) is 12.3 Å². The molecule has 0 aliphatic rings. The van der Waals surface area contributed by atoms with Gasteiger partial charge in [0.2, 0.25) is 0 Å². The highest BCUT2D eigenvalue weighted by Gasteiger charge is 2.08. The van der Waals surface area contributed by atoms with Crippen LogP contribution in [0.1, 0.15) is 10.5 Å². The van der Waals surface area contributed by atoms with Gasteiger partial charge in [0.1, 0.15) is 0 Å². The monoisotopic (exact) mass is 199 g/mol. The van der Waals surface area contributed by atoms with E-state index in [4.69, 9.17) is 5.11 Å². The molecule has 1 aromatic rings. The number of hydrogen-bond acceptors (Lipinski definition) is 4. The Balaban J connectivity index is 2.39. The maximum absolute atomic E-state index is 11.1. The lowest BCUT2D eigenvalue weighted by Crippen LogP contribution is -2.27. The minimum atomic E-state index is -1.16. The van der Waals surface area contributed by atoms with Crippen LogP contribution in [0.5, 0.6) is 0 Å². The van der Waals surface area contributed by atoms with Crippen LogP contribution in [0.4, 0.5) is 0 Å². The highest BCUT2D eigenvalue weighted by Crippen LogP contribution is 1.92. The number of hydrogen-bond donors (Lipinski definition) is 2. The van der Waals surface area contributed by atoms with Crippen LogP contribution < -0.4 is 5.48 Å². The van der Waals surface area contributed by atoms with Gasteiger partial charge in [0.25, 0.3) is 5.91 Å². The van der Waals surface area contributed by atoms with Gasteiger partial charge < -0.3 is 5.11 Å². The third kappa shape index (κ3) is 2.87. The highest BCUT2D eigenvalue weighted by atomic mass is 16.7. The number of nitrogens with one attached hydrogen (secondary N) is 1. The van der Waals surface area contributed by atoms with Crippen LogP contribution in [0, 0.1) is 0 Å². The number of aryl methyl sites for hydroxylation is 1. The van der Waals surface area contributed by atoms with E-state index in [0.717, 1.165) is 0 Å². The maximum Gasteiger partial charge on any atom is 0.332 e. The Hall–Kier alpha value is -1.89. The normalized spacial score (nSPS) is 9.79. The number of carbonyl (C=O) groups excluding carboxylic acids is 1. The topological polar surface area (TPSA) is 93.5 Å². The zero-order valence-electron chi connectivity index (χ0n) is 7.43. The first-order valence-corrected chi connectivity index (χ1v) is 3.73. The van der Waals surface area contributed by atoms with Gasteiger partial charge in [-0.1, -0.05) is 0 Å². The lowest BCUT2D eigenvalue weighted by atomic mass is 10.4. The summed E-state index contributed by atoms with van der Waals surface area (Å²) >= 11 is 0. The summed E-state index contributed by atoms with van der Waals surface area (Å²) in [6.45, 7) is -0.585. The van der Waals surface area contributed by atoms with Crippen molar-refractivity contribution in [2.45, 2.75) is 0 Å². The number of carboxylic acids is 1. The van der Waals surface area contributed by atoms with Crippen LogP contribution in [0.3, 0.4) is 0 Å². The number of aliphatic carboxylic acids is 1. The largest absolute Gasteiger partial charge is 0.479 e. The zero-order valence-corrected chi connectivity index (χ0v) is 7.43. The first-order chi connectivity index (χ1) is 6.59. The summed E-state index contributed by atoms with van der Waals surface area (Å²) in [6, 6.07) is 1.49. The van der Waals surface area contributed by atoms with E-state index >= 15 is 0 Å². The minimum Gasteiger partial charge on any atom is -0.479 e. The van der Waals surface area contributed by atoms with Crippen molar-refractivity contribution in [3.8, 4) is 0 Å². The molecule has 0 saturated heterocycles. The molecule has 0 bridgehead atoms. The second-order valence-electron chi connectivity index (χ2n) is 2.49. The number of rotatable bonds is 4. The molecule has 1 rings (SSSR count). The fraction of sp³-hybridized carbons (Fsp3) is 0.286. The molecule has 0 atom stereocenters. The number of aromatic nitrogens is 2. The molecule has 0 fully saturated rings. The Bertz CT molecular complexity index is 346. The molecule has 0 aliphatic carbocycles. The Morgan fingerprint density at radius 1 is 1.71 bits per heavy atom. The summed E-state index contributed by atoms with van der Waals surface area (Å²) in [4.78, 5) is 25.5. The quantitative estimate of drug-likeness (QED) is 0.617. The first-order valence-electron chi connectivity index (χ1n) is 3.73. The van der Waals surface area contributed by atoms with E-state index in [1.807, 2.05) is 5.48 Å². The van der Waals surface area contributed by atoms with Crippen molar-refractivity contribution in [3.63, 3.8) is 0 Å². The maximum atomic E-state index is 11.1. The van der Waals surface area contributed by atoms with E-state index in [0.29, 0.717) is 0 Å². The van der Waals surface area contributed by atoms with Crippen LogP contribution in [-0.2, 0) is 16.7 Å². The Morgan fingerprint density at radius 3 is 2.93 bits per heavy atom. The summed E-state index contributed by atoms with van der Waals surface area (Å²) in [7, 11) is 1.66. The molecule has 0 spiro atoms. The van der Waals surface area contributed by atoms with Crippen molar-refractivity contribution < 1.29 is 19.5 Å². The van der Waals surface area contributed by atoms with Crippen LogP contribution in [0.2, 0.25) is 0 Å². The lowest BCUT2D eigenvalue weighted by Gasteiger charge is -2.00. The molecule has 7 nitrogen and oxygen atoms in total. The molecular formula is C7H9N3O4. The minimum absolute atomic E-state index is 0.165. The average molecular weight is 199 g/mol. The molecule has 7 heteroatoms. The summed E-state index contributed by atoms with van der Waals surface area (Å²) in [5.41, 5.74) is 2.11. The van der Waals surface area contributed by atoms with Crippen molar-refractivity contribution in [1.29, 1.82) is 0 Å². The van der Waals surface area contributed by atoms with Gasteiger partial charge in [-0.15, -0.1) is 0 Å². The fourth-order valence-corrected chi connectivity index (χ4v) is 0.752. The number of nitrogens with zero attached hydrogens (tertiary/aromatic N) is 2. The van der Waals surface area contributed by atoms with Crippen LogP contribution in [-0.4, -0.2) is 33.4 Å². The van der Waals surface area contributed by atoms with Crippen molar-refractivity contribution in [2.75, 3.05) is 6.61 Å². The van der Waals surface area contributed by atoms with Crippen molar-refractivity contribution in [2.24, 2.45) is 7.05 Å². The molecule has 1 heterocycles. The molecule has 76 valence electrons. The molecule has 2 N–H and O–H groups in total. The van der Waals surface area contributed by atoms with Gasteiger partial charge in [0.15, 0.2) is 12.3 Å².